The van der Waals surface area contributed by atoms with Crippen LogP contribution in [0.2, 0.25) is 4.34 Å². The standard InChI is InChI=1S/C10H8ClN3S2/c11-9-2-1-8(16-9)7-4-14-6(3-12)5-15-10(14)13-7/h1-2,4-5H,3,12H2. The zero-order valence-corrected chi connectivity index (χ0v) is 10.6. The molecule has 0 aliphatic heterocycles. The number of halogens is 1. The Morgan fingerprint density at radius 2 is 2.31 bits per heavy atom. The third-order valence-corrected chi connectivity index (χ3v) is 4.46. The molecule has 0 aliphatic carbocycles. The van der Waals surface area contributed by atoms with Crippen molar-refractivity contribution < 1.29 is 0 Å². The molecule has 0 saturated heterocycles. The summed E-state index contributed by atoms with van der Waals surface area (Å²) in [6.07, 6.45) is 2.01. The van der Waals surface area contributed by atoms with E-state index in [1.807, 2.05) is 28.1 Å². The maximum atomic E-state index is 5.91. The third kappa shape index (κ3) is 1.56. The first-order valence-electron chi connectivity index (χ1n) is 4.69. The van der Waals surface area contributed by atoms with E-state index in [0.717, 1.165) is 25.6 Å². The molecule has 0 amide bonds. The number of rotatable bonds is 2. The van der Waals surface area contributed by atoms with Crippen LogP contribution < -0.4 is 5.73 Å². The minimum atomic E-state index is 0.529. The molecule has 0 unspecified atom stereocenters. The van der Waals surface area contributed by atoms with Crippen LogP contribution in [0.25, 0.3) is 15.5 Å². The molecule has 0 spiro atoms. The Hall–Kier alpha value is -0.880. The molecular formula is C10H8ClN3S2. The van der Waals surface area contributed by atoms with Crippen LogP contribution in [0.4, 0.5) is 0 Å². The summed E-state index contributed by atoms with van der Waals surface area (Å²) in [4.78, 5) is 6.60. The number of thiazole rings is 1. The molecule has 0 atom stereocenters. The zero-order chi connectivity index (χ0) is 11.1. The summed E-state index contributed by atoms with van der Waals surface area (Å²) < 4.78 is 2.82. The molecule has 0 fully saturated rings. The van der Waals surface area contributed by atoms with Gasteiger partial charge in [-0.1, -0.05) is 11.6 Å². The number of nitrogens with two attached hydrogens (primary N) is 1. The van der Waals surface area contributed by atoms with Crippen LogP contribution in [0.1, 0.15) is 5.69 Å². The smallest absolute Gasteiger partial charge is 0.194 e. The van der Waals surface area contributed by atoms with Gasteiger partial charge in [-0.25, -0.2) is 4.98 Å². The molecule has 0 radical (unpaired) electrons. The average Bonchev–Trinajstić information content (AvgIpc) is 2.90. The van der Waals surface area contributed by atoms with E-state index in [-0.39, 0.29) is 0 Å². The molecule has 16 heavy (non-hydrogen) atoms. The van der Waals surface area contributed by atoms with Gasteiger partial charge in [0.1, 0.15) is 5.69 Å². The summed E-state index contributed by atoms with van der Waals surface area (Å²) in [5, 5.41) is 2.04. The summed E-state index contributed by atoms with van der Waals surface area (Å²) in [6, 6.07) is 3.88. The van der Waals surface area contributed by atoms with E-state index in [4.69, 9.17) is 17.3 Å². The van der Waals surface area contributed by atoms with E-state index in [2.05, 4.69) is 4.98 Å². The zero-order valence-electron chi connectivity index (χ0n) is 8.18. The minimum Gasteiger partial charge on any atom is -0.325 e. The maximum Gasteiger partial charge on any atom is 0.194 e. The second kappa shape index (κ2) is 3.85. The molecule has 0 aromatic carbocycles. The molecule has 3 aromatic rings. The first-order chi connectivity index (χ1) is 7.78. The van der Waals surface area contributed by atoms with Gasteiger partial charge < -0.3 is 5.73 Å². The van der Waals surface area contributed by atoms with Gasteiger partial charge in [0.05, 0.1) is 9.21 Å². The molecule has 82 valence electrons. The van der Waals surface area contributed by atoms with E-state index in [1.165, 1.54) is 11.3 Å². The Bertz CT molecular complexity index is 637. The number of nitrogens with zero attached hydrogens (tertiary/aromatic N) is 2. The summed E-state index contributed by atoms with van der Waals surface area (Å²) in [6.45, 7) is 0.529. The van der Waals surface area contributed by atoms with Crippen LogP contribution in [0.15, 0.2) is 23.7 Å². The number of aromatic nitrogens is 2. The first-order valence-corrected chi connectivity index (χ1v) is 6.76. The van der Waals surface area contributed by atoms with E-state index in [9.17, 15) is 0 Å². The van der Waals surface area contributed by atoms with Crippen LogP contribution in [0.5, 0.6) is 0 Å². The highest BCUT2D eigenvalue weighted by atomic mass is 35.5. The van der Waals surface area contributed by atoms with E-state index in [0.29, 0.717) is 6.54 Å². The number of fused-ring (bicyclic) bond motifs is 1. The largest absolute Gasteiger partial charge is 0.325 e. The first kappa shape index (κ1) is 10.3. The lowest BCUT2D eigenvalue weighted by Crippen LogP contribution is -1.98. The van der Waals surface area contributed by atoms with Crippen LogP contribution >= 0.6 is 34.3 Å². The number of thiophene rings is 1. The van der Waals surface area contributed by atoms with Crippen molar-refractivity contribution in [1.82, 2.24) is 9.38 Å². The number of hydrogen-bond donors (Lipinski definition) is 1. The topological polar surface area (TPSA) is 43.3 Å². The normalized spacial score (nSPS) is 11.4. The highest BCUT2D eigenvalue weighted by Crippen LogP contribution is 2.31. The molecular weight excluding hydrogens is 262 g/mol. The number of imidazole rings is 1. The van der Waals surface area contributed by atoms with Gasteiger partial charge in [0.2, 0.25) is 0 Å². The molecule has 3 aromatic heterocycles. The van der Waals surface area contributed by atoms with E-state index in [1.54, 1.807) is 11.3 Å². The molecule has 0 aliphatic rings. The molecule has 0 saturated carbocycles. The van der Waals surface area contributed by atoms with Gasteiger partial charge in [-0.15, -0.1) is 22.7 Å². The Morgan fingerprint density at radius 1 is 1.44 bits per heavy atom. The predicted octanol–water partition coefficient (Wildman–Crippen LogP) is 3.24. The monoisotopic (exact) mass is 269 g/mol. The van der Waals surface area contributed by atoms with Crippen molar-refractivity contribution in [3.63, 3.8) is 0 Å². The molecule has 3 nitrogen and oxygen atoms in total. The van der Waals surface area contributed by atoms with Gasteiger partial charge in [-0.2, -0.15) is 0 Å². The highest BCUT2D eigenvalue weighted by molar-refractivity contribution is 7.19. The van der Waals surface area contributed by atoms with Crippen molar-refractivity contribution in [3.8, 4) is 10.6 Å². The van der Waals surface area contributed by atoms with Gasteiger partial charge in [0.15, 0.2) is 4.96 Å². The SMILES string of the molecule is NCc1csc2nc(-c3ccc(Cl)s3)cn12. The maximum absolute atomic E-state index is 5.91. The van der Waals surface area contributed by atoms with Crippen LogP contribution in [-0.2, 0) is 6.54 Å². The Morgan fingerprint density at radius 3 is 3.00 bits per heavy atom. The second-order valence-electron chi connectivity index (χ2n) is 3.31. The van der Waals surface area contributed by atoms with E-state index < -0.39 is 0 Å². The summed E-state index contributed by atoms with van der Waals surface area (Å²) in [5.74, 6) is 0. The lowest BCUT2D eigenvalue weighted by Gasteiger charge is -1.91. The van der Waals surface area contributed by atoms with E-state index >= 15 is 0 Å². The second-order valence-corrected chi connectivity index (χ2v) is 5.87. The summed E-state index contributed by atoms with van der Waals surface area (Å²) >= 11 is 9.05. The Balaban J connectivity index is 2.15. The lowest BCUT2D eigenvalue weighted by atomic mass is 10.4. The van der Waals surface area contributed by atoms with Crippen molar-refractivity contribution in [2.75, 3.05) is 0 Å². The predicted molar refractivity (Wildman–Crippen MR) is 69.3 cm³/mol. The number of hydrogen-bond acceptors (Lipinski definition) is 4. The van der Waals surface area contributed by atoms with Crippen molar-refractivity contribution in [2.45, 2.75) is 6.54 Å². The summed E-state index contributed by atoms with van der Waals surface area (Å²) in [7, 11) is 0. The molecule has 2 N–H and O–H groups in total. The van der Waals surface area contributed by atoms with Gasteiger partial charge in [0.25, 0.3) is 0 Å². The Kier molecular flexibility index (Phi) is 2.48. The molecule has 6 heteroatoms. The molecule has 0 bridgehead atoms. The van der Waals surface area contributed by atoms with Gasteiger partial charge in [-0.05, 0) is 12.1 Å². The average molecular weight is 270 g/mol. The Labute approximate surface area is 105 Å². The quantitative estimate of drug-likeness (QED) is 0.776. The fourth-order valence-electron chi connectivity index (χ4n) is 1.55. The molecule has 3 heterocycles. The third-order valence-electron chi connectivity index (χ3n) is 2.32. The van der Waals surface area contributed by atoms with Crippen LogP contribution in [0.3, 0.4) is 0 Å². The molecule has 3 rings (SSSR count). The van der Waals surface area contributed by atoms with Crippen molar-refractivity contribution >= 4 is 39.2 Å². The van der Waals surface area contributed by atoms with Gasteiger partial charge in [0, 0.05) is 23.8 Å². The van der Waals surface area contributed by atoms with Crippen LogP contribution in [-0.4, -0.2) is 9.38 Å². The van der Waals surface area contributed by atoms with Crippen molar-refractivity contribution in [3.05, 3.63) is 33.7 Å². The lowest BCUT2D eigenvalue weighted by molar-refractivity contribution is 0.966. The van der Waals surface area contributed by atoms with Gasteiger partial charge in [-0.3, -0.25) is 4.40 Å². The summed E-state index contributed by atoms with van der Waals surface area (Å²) in [5.41, 5.74) is 7.69. The minimum absolute atomic E-state index is 0.529. The van der Waals surface area contributed by atoms with Crippen LogP contribution in [0, 0.1) is 0 Å². The van der Waals surface area contributed by atoms with Gasteiger partial charge >= 0.3 is 0 Å². The highest BCUT2D eigenvalue weighted by Gasteiger charge is 2.10. The fourth-order valence-corrected chi connectivity index (χ4v) is 3.43. The fraction of sp³-hybridized carbons (Fsp3) is 0.100. The van der Waals surface area contributed by atoms with Crippen molar-refractivity contribution in [1.29, 1.82) is 0 Å². The van der Waals surface area contributed by atoms with Crippen molar-refractivity contribution in [2.24, 2.45) is 5.73 Å².